The first-order valence-corrected chi connectivity index (χ1v) is 8.26. The number of amides is 2. The first-order valence-electron chi connectivity index (χ1n) is 7.51. The van der Waals surface area contributed by atoms with E-state index < -0.39 is 0 Å². The maximum absolute atomic E-state index is 12.1. The Morgan fingerprint density at radius 2 is 1.76 bits per heavy atom. The highest BCUT2D eigenvalue weighted by Crippen LogP contribution is 2.22. The second kappa shape index (κ2) is 8.65. The van der Waals surface area contributed by atoms with Gasteiger partial charge in [-0.2, -0.15) is 5.10 Å². The van der Waals surface area contributed by atoms with Crippen LogP contribution in [0.4, 0.5) is 5.69 Å². The standard InChI is InChI=1S/C18H17Cl2N3O2/c1-11(22-23-18(25)13-6-8-14(19)9-7-13)10-17(24)21-16-5-3-4-15(20)12(16)2/h3-9H,10H2,1-2H3,(H,21,24)(H,23,25). The highest BCUT2D eigenvalue weighted by Gasteiger charge is 2.09. The fourth-order valence-electron chi connectivity index (χ4n) is 2.02. The van der Waals surface area contributed by atoms with Crippen molar-refractivity contribution in [2.45, 2.75) is 20.3 Å². The minimum atomic E-state index is -0.373. The number of carbonyl (C=O) groups excluding carboxylic acids is 2. The third kappa shape index (κ3) is 5.59. The molecular formula is C18H17Cl2N3O2. The minimum Gasteiger partial charge on any atom is -0.325 e. The Bertz CT molecular complexity index is 818. The molecule has 2 aromatic carbocycles. The van der Waals surface area contributed by atoms with Gasteiger partial charge in [0.15, 0.2) is 0 Å². The summed E-state index contributed by atoms with van der Waals surface area (Å²) in [6, 6.07) is 11.7. The van der Waals surface area contributed by atoms with Gasteiger partial charge < -0.3 is 5.32 Å². The van der Waals surface area contributed by atoms with Crippen molar-refractivity contribution in [1.29, 1.82) is 0 Å². The largest absolute Gasteiger partial charge is 0.325 e. The third-order valence-electron chi connectivity index (χ3n) is 3.41. The molecule has 0 spiro atoms. The van der Waals surface area contributed by atoms with E-state index in [0.29, 0.717) is 27.0 Å². The molecule has 130 valence electrons. The minimum absolute atomic E-state index is 0.0485. The van der Waals surface area contributed by atoms with Gasteiger partial charge in [-0.15, -0.1) is 0 Å². The maximum atomic E-state index is 12.1. The van der Waals surface area contributed by atoms with Gasteiger partial charge >= 0.3 is 0 Å². The molecule has 0 saturated carbocycles. The van der Waals surface area contributed by atoms with Crippen LogP contribution in [0.15, 0.2) is 47.6 Å². The molecule has 0 heterocycles. The van der Waals surface area contributed by atoms with E-state index in [2.05, 4.69) is 15.8 Å². The zero-order valence-corrected chi connectivity index (χ0v) is 15.3. The molecule has 0 radical (unpaired) electrons. The number of hydrogen-bond donors (Lipinski definition) is 2. The van der Waals surface area contributed by atoms with Gasteiger partial charge in [-0.3, -0.25) is 9.59 Å². The normalized spacial score (nSPS) is 11.1. The molecule has 0 aliphatic heterocycles. The molecular weight excluding hydrogens is 361 g/mol. The molecule has 2 amide bonds. The molecule has 2 rings (SSSR count). The van der Waals surface area contributed by atoms with Crippen molar-refractivity contribution >= 4 is 46.4 Å². The quantitative estimate of drug-likeness (QED) is 0.597. The molecule has 2 N–H and O–H groups in total. The van der Waals surface area contributed by atoms with Crippen LogP contribution in [0.5, 0.6) is 0 Å². The number of hydrogen-bond acceptors (Lipinski definition) is 3. The van der Waals surface area contributed by atoms with E-state index in [9.17, 15) is 9.59 Å². The van der Waals surface area contributed by atoms with Crippen molar-refractivity contribution in [3.63, 3.8) is 0 Å². The average Bonchev–Trinajstić information content (AvgIpc) is 2.57. The molecule has 0 aliphatic carbocycles. The van der Waals surface area contributed by atoms with Crippen molar-refractivity contribution in [3.8, 4) is 0 Å². The Morgan fingerprint density at radius 3 is 2.44 bits per heavy atom. The van der Waals surface area contributed by atoms with E-state index in [4.69, 9.17) is 23.2 Å². The van der Waals surface area contributed by atoms with Gasteiger partial charge in [0, 0.05) is 27.0 Å². The molecule has 25 heavy (non-hydrogen) atoms. The lowest BCUT2D eigenvalue weighted by Gasteiger charge is -2.09. The monoisotopic (exact) mass is 377 g/mol. The van der Waals surface area contributed by atoms with Gasteiger partial charge in [0.2, 0.25) is 5.91 Å². The van der Waals surface area contributed by atoms with Crippen molar-refractivity contribution in [1.82, 2.24) is 5.43 Å². The van der Waals surface area contributed by atoms with Crippen LogP contribution in [0.1, 0.15) is 29.3 Å². The van der Waals surface area contributed by atoms with Gasteiger partial charge in [0.25, 0.3) is 5.91 Å². The molecule has 5 nitrogen and oxygen atoms in total. The third-order valence-corrected chi connectivity index (χ3v) is 4.07. The zero-order chi connectivity index (χ0) is 18.4. The SMILES string of the molecule is CC(CC(=O)Nc1cccc(Cl)c1C)=NNC(=O)c1ccc(Cl)cc1. The molecule has 0 aliphatic rings. The summed E-state index contributed by atoms with van der Waals surface area (Å²) in [6.07, 6.45) is 0.0485. The number of carbonyl (C=O) groups is 2. The fourth-order valence-corrected chi connectivity index (χ4v) is 2.32. The van der Waals surface area contributed by atoms with E-state index in [1.54, 1.807) is 49.4 Å². The van der Waals surface area contributed by atoms with Crippen molar-refractivity contribution < 1.29 is 9.59 Å². The summed E-state index contributed by atoms with van der Waals surface area (Å²) in [5, 5.41) is 7.85. The number of halogens is 2. The van der Waals surface area contributed by atoms with Crippen LogP contribution >= 0.6 is 23.2 Å². The van der Waals surface area contributed by atoms with Gasteiger partial charge in [0.05, 0.1) is 6.42 Å². The highest BCUT2D eigenvalue weighted by atomic mass is 35.5. The summed E-state index contributed by atoms with van der Waals surface area (Å²) in [6.45, 7) is 3.48. The van der Waals surface area contributed by atoms with Crippen molar-refractivity contribution in [3.05, 3.63) is 63.6 Å². The zero-order valence-electron chi connectivity index (χ0n) is 13.8. The van der Waals surface area contributed by atoms with Crippen LogP contribution in [0.25, 0.3) is 0 Å². The molecule has 0 atom stereocenters. The number of rotatable bonds is 5. The Kier molecular flexibility index (Phi) is 6.56. The summed E-state index contributed by atoms with van der Waals surface area (Å²) < 4.78 is 0. The maximum Gasteiger partial charge on any atom is 0.271 e. The lowest BCUT2D eigenvalue weighted by atomic mass is 10.2. The second-order valence-electron chi connectivity index (χ2n) is 5.43. The number of anilines is 1. The summed E-state index contributed by atoms with van der Waals surface area (Å²) in [7, 11) is 0. The molecule has 0 aromatic heterocycles. The molecule has 2 aromatic rings. The van der Waals surface area contributed by atoms with Gasteiger partial charge in [0.1, 0.15) is 0 Å². The van der Waals surface area contributed by atoms with Crippen LogP contribution < -0.4 is 10.7 Å². The number of nitrogens with zero attached hydrogens (tertiary/aromatic N) is 1. The topological polar surface area (TPSA) is 70.6 Å². The molecule has 0 fully saturated rings. The van der Waals surface area contributed by atoms with E-state index in [1.807, 2.05) is 6.92 Å². The van der Waals surface area contributed by atoms with E-state index in [-0.39, 0.29) is 18.2 Å². The van der Waals surface area contributed by atoms with Crippen LogP contribution in [0, 0.1) is 6.92 Å². The summed E-state index contributed by atoms with van der Waals surface area (Å²) >= 11 is 11.8. The lowest BCUT2D eigenvalue weighted by Crippen LogP contribution is -2.21. The van der Waals surface area contributed by atoms with Crippen molar-refractivity contribution in [2.24, 2.45) is 5.10 Å². The van der Waals surface area contributed by atoms with Gasteiger partial charge in [-0.25, -0.2) is 5.43 Å². The highest BCUT2D eigenvalue weighted by molar-refractivity contribution is 6.31. The Balaban J connectivity index is 1.92. The lowest BCUT2D eigenvalue weighted by molar-refractivity contribution is -0.115. The van der Waals surface area contributed by atoms with E-state index in [0.717, 1.165) is 5.56 Å². The Hall–Kier alpha value is -2.37. The molecule has 0 unspecified atom stereocenters. The van der Waals surface area contributed by atoms with E-state index >= 15 is 0 Å². The summed E-state index contributed by atoms with van der Waals surface area (Å²) in [4.78, 5) is 24.0. The number of nitrogens with one attached hydrogen (secondary N) is 2. The smallest absolute Gasteiger partial charge is 0.271 e. The Morgan fingerprint density at radius 1 is 1.08 bits per heavy atom. The van der Waals surface area contributed by atoms with Gasteiger partial charge in [-0.05, 0) is 55.8 Å². The molecule has 7 heteroatoms. The fraction of sp³-hybridized carbons (Fsp3) is 0.167. The average molecular weight is 378 g/mol. The van der Waals surface area contributed by atoms with Crippen molar-refractivity contribution in [2.75, 3.05) is 5.32 Å². The second-order valence-corrected chi connectivity index (χ2v) is 6.28. The predicted molar refractivity (Wildman–Crippen MR) is 101 cm³/mol. The van der Waals surface area contributed by atoms with Crippen LogP contribution in [-0.2, 0) is 4.79 Å². The first kappa shape index (κ1) is 19.0. The summed E-state index contributed by atoms with van der Waals surface area (Å²) in [5.41, 5.74) is 4.76. The molecule has 0 bridgehead atoms. The number of hydrazone groups is 1. The predicted octanol–water partition coefficient (Wildman–Crippen LogP) is 4.44. The van der Waals surface area contributed by atoms with Crippen LogP contribution in [-0.4, -0.2) is 17.5 Å². The van der Waals surface area contributed by atoms with E-state index in [1.165, 1.54) is 0 Å². The van der Waals surface area contributed by atoms with Crippen LogP contribution in [0.2, 0.25) is 10.0 Å². The number of benzene rings is 2. The first-order chi connectivity index (χ1) is 11.9. The summed E-state index contributed by atoms with van der Waals surface area (Å²) in [5.74, 6) is -0.616. The molecule has 0 saturated heterocycles. The van der Waals surface area contributed by atoms with Gasteiger partial charge in [-0.1, -0.05) is 29.3 Å². The Labute approximate surface area is 156 Å². The van der Waals surface area contributed by atoms with Crippen LogP contribution in [0.3, 0.4) is 0 Å².